The summed E-state index contributed by atoms with van der Waals surface area (Å²) in [6.07, 6.45) is 1.07. The monoisotopic (exact) mass is 348 g/mol. The Kier molecular flexibility index (Phi) is 3.72. The molecule has 1 unspecified atom stereocenters. The number of benzene rings is 2. The van der Waals surface area contributed by atoms with E-state index >= 15 is 0 Å². The lowest BCUT2D eigenvalue weighted by Crippen LogP contribution is -2.38. The molecule has 1 aromatic heterocycles. The van der Waals surface area contributed by atoms with Gasteiger partial charge in [0.25, 0.3) is 0 Å². The van der Waals surface area contributed by atoms with E-state index in [2.05, 4.69) is 0 Å². The van der Waals surface area contributed by atoms with Crippen LogP contribution < -0.4 is 10.4 Å². The molecule has 0 bridgehead atoms. The van der Waals surface area contributed by atoms with Crippen molar-refractivity contribution in [2.45, 2.75) is 39.2 Å². The zero-order chi connectivity index (χ0) is 18.5. The number of hydrogen-bond donors (Lipinski definition) is 0. The van der Waals surface area contributed by atoms with Crippen molar-refractivity contribution in [3.05, 3.63) is 64.0 Å². The summed E-state index contributed by atoms with van der Waals surface area (Å²) in [5.41, 5.74) is 2.46. The van der Waals surface area contributed by atoms with E-state index in [0.29, 0.717) is 28.9 Å². The molecule has 3 aromatic rings. The van der Waals surface area contributed by atoms with Gasteiger partial charge >= 0.3 is 5.63 Å². The van der Waals surface area contributed by atoms with Gasteiger partial charge in [0.2, 0.25) is 0 Å². The average Bonchev–Trinajstić information content (AvgIpc) is 2.64. The molecule has 4 nitrogen and oxygen atoms in total. The second-order valence-electron chi connectivity index (χ2n) is 7.11. The molecule has 26 heavy (non-hydrogen) atoms. The lowest BCUT2D eigenvalue weighted by Gasteiger charge is -2.35. The van der Waals surface area contributed by atoms with Crippen LogP contribution in [-0.4, -0.2) is 11.4 Å². The predicted octanol–water partition coefficient (Wildman–Crippen LogP) is 4.90. The highest BCUT2D eigenvalue weighted by molar-refractivity contribution is 6.07. The van der Waals surface area contributed by atoms with Gasteiger partial charge in [-0.1, -0.05) is 37.3 Å². The summed E-state index contributed by atoms with van der Waals surface area (Å²) < 4.78 is 11.7. The largest absolute Gasteiger partial charge is 0.486 e. The van der Waals surface area contributed by atoms with Gasteiger partial charge in [-0.05, 0) is 37.5 Å². The number of Topliss-reactive ketones (excluding diaryl/α,β-unsaturated/α-hetero) is 1. The Balaban J connectivity index is 2.05. The first-order chi connectivity index (χ1) is 12.4. The van der Waals surface area contributed by atoms with Crippen LogP contribution in [-0.2, 0) is 0 Å². The SMILES string of the molecule is CCC1(C)CC(=O)c2cc3c(-c4ccccc4)cc(=O)oc3c(C)c2O1. The molecule has 132 valence electrons. The van der Waals surface area contributed by atoms with Crippen LogP contribution in [0.4, 0.5) is 0 Å². The summed E-state index contributed by atoms with van der Waals surface area (Å²) in [6.45, 7) is 5.78. The number of carbonyl (C=O) groups is 1. The molecule has 0 spiro atoms. The quantitative estimate of drug-likeness (QED) is 0.618. The number of ether oxygens (including phenoxy) is 1. The van der Waals surface area contributed by atoms with E-state index in [1.54, 1.807) is 6.07 Å². The molecular formula is C22H20O4. The molecule has 0 radical (unpaired) electrons. The molecule has 0 N–H and O–H groups in total. The Morgan fingerprint density at radius 1 is 1.08 bits per heavy atom. The maximum absolute atomic E-state index is 12.8. The van der Waals surface area contributed by atoms with Crippen molar-refractivity contribution in [3.8, 4) is 16.9 Å². The zero-order valence-corrected chi connectivity index (χ0v) is 15.1. The molecule has 4 rings (SSSR count). The molecule has 1 aliphatic rings. The van der Waals surface area contributed by atoms with Crippen molar-refractivity contribution >= 4 is 16.8 Å². The van der Waals surface area contributed by atoms with Gasteiger partial charge in [-0.25, -0.2) is 4.79 Å². The van der Waals surface area contributed by atoms with Crippen molar-refractivity contribution in [3.63, 3.8) is 0 Å². The highest BCUT2D eigenvalue weighted by Crippen LogP contribution is 2.42. The Bertz CT molecular complexity index is 1080. The smallest absolute Gasteiger partial charge is 0.336 e. The molecule has 0 aliphatic carbocycles. The third kappa shape index (κ3) is 2.53. The summed E-state index contributed by atoms with van der Waals surface area (Å²) >= 11 is 0. The van der Waals surface area contributed by atoms with E-state index < -0.39 is 11.2 Å². The standard InChI is InChI=1S/C22H20O4/c1-4-22(3)12-18(23)17-10-16-15(14-8-6-5-7-9-14)11-19(24)25-20(16)13(2)21(17)26-22/h5-11H,4,12H2,1-3H3. The van der Waals surface area contributed by atoms with Crippen LogP contribution in [0.2, 0.25) is 0 Å². The minimum atomic E-state index is -0.528. The van der Waals surface area contributed by atoms with Gasteiger partial charge in [-0.15, -0.1) is 0 Å². The second-order valence-corrected chi connectivity index (χ2v) is 7.11. The van der Waals surface area contributed by atoms with E-state index in [1.807, 2.05) is 51.1 Å². The van der Waals surface area contributed by atoms with Crippen molar-refractivity contribution in [1.82, 2.24) is 0 Å². The summed E-state index contributed by atoms with van der Waals surface area (Å²) in [5.74, 6) is 0.595. The summed E-state index contributed by atoms with van der Waals surface area (Å²) in [7, 11) is 0. The molecule has 1 aliphatic heterocycles. The highest BCUT2D eigenvalue weighted by atomic mass is 16.5. The van der Waals surface area contributed by atoms with Crippen LogP contribution in [0.15, 0.2) is 51.7 Å². The molecule has 1 atom stereocenters. The van der Waals surface area contributed by atoms with E-state index in [0.717, 1.165) is 22.9 Å². The summed E-state index contributed by atoms with van der Waals surface area (Å²) in [6, 6.07) is 12.9. The molecule has 2 aromatic carbocycles. The van der Waals surface area contributed by atoms with Crippen LogP contribution in [0.3, 0.4) is 0 Å². The third-order valence-corrected chi connectivity index (χ3v) is 5.23. The Labute approximate surface area is 151 Å². The number of aryl methyl sites for hydroxylation is 1. The fourth-order valence-corrected chi connectivity index (χ4v) is 3.55. The average molecular weight is 348 g/mol. The van der Waals surface area contributed by atoms with Gasteiger partial charge in [0.15, 0.2) is 5.78 Å². The van der Waals surface area contributed by atoms with Gasteiger partial charge in [-0.2, -0.15) is 0 Å². The lowest BCUT2D eigenvalue weighted by atomic mass is 9.87. The van der Waals surface area contributed by atoms with Gasteiger partial charge in [0.05, 0.1) is 12.0 Å². The first-order valence-corrected chi connectivity index (χ1v) is 8.81. The summed E-state index contributed by atoms with van der Waals surface area (Å²) in [5, 5.41) is 0.754. The number of ketones is 1. The van der Waals surface area contributed by atoms with Crippen LogP contribution in [0.25, 0.3) is 22.1 Å². The van der Waals surface area contributed by atoms with Gasteiger partial charge < -0.3 is 9.15 Å². The molecule has 2 heterocycles. The fourth-order valence-electron chi connectivity index (χ4n) is 3.55. The lowest BCUT2D eigenvalue weighted by molar-refractivity contribution is 0.0495. The number of hydrogen-bond acceptors (Lipinski definition) is 4. The minimum absolute atomic E-state index is 0.0609. The normalized spacial score (nSPS) is 19.3. The number of carbonyl (C=O) groups excluding carboxylic acids is 1. The first kappa shape index (κ1) is 16.6. The molecule has 0 saturated heterocycles. The van der Waals surface area contributed by atoms with E-state index in [4.69, 9.17) is 9.15 Å². The van der Waals surface area contributed by atoms with Crippen LogP contribution >= 0.6 is 0 Å². The van der Waals surface area contributed by atoms with Crippen molar-refractivity contribution < 1.29 is 13.9 Å². The van der Waals surface area contributed by atoms with Crippen molar-refractivity contribution in [2.24, 2.45) is 0 Å². The number of rotatable bonds is 2. The van der Waals surface area contributed by atoms with Crippen LogP contribution in [0.1, 0.15) is 42.6 Å². The predicted molar refractivity (Wildman–Crippen MR) is 101 cm³/mol. The molecule has 0 amide bonds. The van der Waals surface area contributed by atoms with Gasteiger partial charge in [-0.3, -0.25) is 4.79 Å². The molecular weight excluding hydrogens is 328 g/mol. The summed E-state index contributed by atoms with van der Waals surface area (Å²) in [4.78, 5) is 25.0. The number of fused-ring (bicyclic) bond motifs is 2. The second kappa shape index (κ2) is 5.84. The maximum atomic E-state index is 12.8. The molecule has 0 fully saturated rings. The van der Waals surface area contributed by atoms with Gasteiger partial charge in [0, 0.05) is 17.0 Å². The first-order valence-electron chi connectivity index (χ1n) is 8.81. The molecule has 0 saturated carbocycles. The maximum Gasteiger partial charge on any atom is 0.336 e. The van der Waals surface area contributed by atoms with E-state index in [1.165, 1.54) is 6.07 Å². The highest BCUT2D eigenvalue weighted by Gasteiger charge is 2.37. The third-order valence-electron chi connectivity index (χ3n) is 5.23. The Hall–Kier alpha value is -2.88. The van der Waals surface area contributed by atoms with Crippen molar-refractivity contribution in [2.75, 3.05) is 0 Å². The van der Waals surface area contributed by atoms with Gasteiger partial charge in [0.1, 0.15) is 16.9 Å². The van der Waals surface area contributed by atoms with E-state index in [9.17, 15) is 9.59 Å². The van der Waals surface area contributed by atoms with E-state index in [-0.39, 0.29) is 5.78 Å². The fraction of sp³-hybridized carbons (Fsp3) is 0.273. The molecule has 4 heteroatoms. The van der Waals surface area contributed by atoms with Crippen LogP contribution in [0.5, 0.6) is 5.75 Å². The Morgan fingerprint density at radius 2 is 1.81 bits per heavy atom. The zero-order valence-electron chi connectivity index (χ0n) is 15.1. The topological polar surface area (TPSA) is 56.5 Å². The van der Waals surface area contributed by atoms with Crippen LogP contribution in [0, 0.1) is 6.92 Å². The van der Waals surface area contributed by atoms with Crippen molar-refractivity contribution in [1.29, 1.82) is 0 Å². The Morgan fingerprint density at radius 3 is 2.50 bits per heavy atom. The minimum Gasteiger partial charge on any atom is -0.486 e.